The van der Waals surface area contributed by atoms with Gasteiger partial charge in [0, 0.05) is 11.6 Å². The first-order valence-corrected chi connectivity index (χ1v) is 10.8. The zero-order valence-electron chi connectivity index (χ0n) is 15.1. The molecule has 3 aromatic rings. The molecule has 146 valence electrons. The third-order valence-electron chi connectivity index (χ3n) is 3.56. The van der Waals surface area contributed by atoms with E-state index in [1.165, 1.54) is 23.1 Å². The van der Waals surface area contributed by atoms with Crippen molar-refractivity contribution in [1.29, 1.82) is 0 Å². The Morgan fingerprint density at radius 2 is 1.96 bits per heavy atom. The number of rotatable bonds is 9. The number of aromatic nitrogens is 2. The van der Waals surface area contributed by atoms with Gasteiger partial charge in [-0.05, 0) is 36.8 Å². The molecule has 0 unspecified atom stereocenters. The van der Waals surface area contributed by atoms with E-state index in [0.29, 0.717) is 23.3 Å². The van der Waals surface area contributed by atoms with Crippen LogP contribution in [0.2, 0.25) is 5.02 Å². The lowest BCUT2D eigenvalue weighted by atomic mass is 10.2. The van der Waals surface area contributed by atoms with Crippen LogP contribution in [-0.2, 0) is 11.3 Å². The van der Waals surface area contributed by atoms with E-state index in [0.717, 1.165) is 21.3 Å². The molecular formula is C19H19ClN4O2S2. The Morgan fingerprint density at radius 3 is 2.75 bits per heavy atom. The fourth-order valence-electron chi connectivity index (χ4n) is 2.27. The van der Waals surface area contributed by atoms with Gasteiger partial charge >= 0.3 is 0 Å². The summed E-state index contributed by atoms with van der Waals surface area (Å²) in [4.78, 5) is 12.0. The molecule has 0 atom stereocenters. The standard InChI is InChI=1S/C19H19ClN4O2S2/c1-2-26-16-6-4-3-5-15(16)22-18-23-24-19(28-18)27-12-17(25)21-11-13-7-9-14(20)10-8-13/h3-10H,2,11-12H2,1H3,(H,21,25)(H,22,23). The Hall–Kier alpha value is -2.29. The van der Waals surface area contributed by atoms with Gasteiger partial charge in [0.15, 0.2) is 4.34 Å². The minimum Gasteiger partial charge on any atom is -0.492 e. The molecule has 1 heterocycles. The molecule has 6 nitrogen and oxygen atoms in total. The number of anilines is 2. The number of para-hydroxylation sites is 2. The summed E-state index contributed by atoms with van der Waals surface area (Å²) in [5.41, 5.74) is 1.83. The quantitative estimate of drug-likeness (QED) is 0.473. The number of nitrogens with one attached hydrogen (secondary N) is 2. The Morgan fingerprint density at radius 1 is 1.18 bits per heavy atom. The summed E-state index contributed by atoms with van der Waals surface area (Å²) >= 11 is 8.60. The number of hydrogen-bond acceptors (Lipinski definition) is 7. The molecule has 1 amide bonds. The molecule has 0 aliphatic carbocycles. The third-order valence-corrected chi connectivity index (χ3v) is 5.79. The summed E-state index contributed by atoms with van der Waals surface area (Å²) in [6, 6.07) is 15.0. The number of halogens is 1. The van der Waals surface area contributed by atoms with Gasteiger partial charge in [0.2, 0.25) is 11.0 Å². The second kappa shape index (κ2) is 10.3. The van der Waals surface area contributed by atoms with E-state index in [9.17, 15) is 4.79 Å². The highest BCUT2D eigenvalue weighted by molar-refractivity contribution is 8.01. The normalized spacial score (nSPS) is 10.5. The lowest BCUT2D eigenvalue weighted by Gasteiger charge is -2.09. The van der Waals surface area contributed by atoms with Gasteiger partial charge in [-0.1, -0.05) is 59.0 Å². The van der Waals surface area contributed by atoms with Gasteiger partial charge in [-0.3, -0.25) is 4.79 Å². The molecule has 2 aromatic carbocycles. The van der Waals surface area contributed by atoms with Crippen molar-refractivity contribution < 1.29 is 9.53 Å². The van der Waals surface area contributed by atoms with Gasteiger partial charge in [-0.2, -0.15) is 0 Å². The van der Waals surface area contributed by atoms with Gasteiger partial charge in [-0.15, -0.1) is 10.2 Å². The monoisotopic (exact) mass is 434 g/mol. The van der Waals surface area contributed by atoms with E-state index in [4.69, 9.17) is 16.3 Å². The third kappa shape index (κ3) is 6.12. The van der Waals surface area contributed by atoms with Gasteiger partial charge in [0.25, 0.3) is 0 Å². The molecule has 0 fully saturated rings. The molecule has 0 saturated carbocycles. The van der Waals surface area contributed by atoms with E-state index in [1.807, 2.05) is 43.3 Å². The molecular weight excluding hydrogens is 416 g/mol. The topological polar surface area (TPSA) is 76.1 Å². The van der Waals surface area contributed by atoms with Crippen LogP contribution in [0.25, 0.3) is 0 Å². The van der Waals surface area contributed by atoms with Crippen LogP contribution in [0.5, 0.6) is 5.75 Å². The second-order valence-corrected chi connectivity index (χ2v) is 8.26. The molecule has 0 aliphatic heterocycles. The van der Waals surface area contributed by atoms with Crippen LogP contribution in [0.1, 0.15) is 12.5 Å². The highest BCUT2D eigenvalue weighted by Gasteiger charge is 2.10. The number of thioether (sulfide) groups is 1. The van der Waals surface area contributed by atoms with Crippen molar-refractivity contribution in [2.45, 2.75) is 17.8 Å². The molecule has 1 aromatic heterocycles. The maximum Gasteiger partial charge on any atom is 0.230 e. The fourth-order valence-corrected chi connectivity index (χ4v) is 3.99. The van der Waals surface area contributed by atoms with E-state index in [-0.39, 0.29) is 11.7 Å². The average Bonchev–Trinajstić information content (AvgIpc) is 3.15. The Balaban J connectivity index is 1.48. The van der Waals surface area contributed by atoms with Crippen LogP contribution in [0.15, 0.2) is 52.9 Å². The predicted octanol–water partition coefficient (Wildman–Crippen LogP) is 4.74. The maximum absolute atomic E-state index is 12.0. The van der Waals surface area contributed by atoms with Crippen molar-refractivity contribution in [3.05, 3.63) is 59.1 Å². The van der Waals surface area contributed by atoms with Crippen molar-refractivity contribution in [3.8, 4) is 5.75 Å². The maximum atomic E-state index is 12.0. The molecule has 0 bridgehead atoms. The van der Waals surface area contributed by atoms with E-state index in [1.54, 1.807) is 12.1 Å². The van der Waals surface area contributed by atoms with Crippen molar-refractivity contribution >= 4 is 51.4 Å². The van der Waals surface area contributed by atoms with E-state index < -0.39 is 0 Å². The lowest BCUT2D eigenvalue weighted by Crippen LogP contribution is -2.24. The molecule has 0 radical (unpaired) electrons. The highest BCUT2D eigenvalue weighted by Crippen LogP contribution is 2.31. The minimum absolute atomic E-state index is 0.0636. The van der Waals surface area contributed by atoms with Crippen LogP contribution in [0.3, 0.4) is 0 Å². The summed E-state index contributed by atoms with van der Waals surface area (Å²) in [5, 5.41) is 15.7. The number of amides is 1. The second-order valence-electron chi connectivity index (χ2n) is 5.62. The molecule has 28 heavy (non-hydrogen) atoms. The summed E-state index contributed by atoms with van der Waals surface area (Å²) in [6.07, 6.45) is 0. The molecule has 0 aliphatic rings. The van der Waals surface area contributed by atoms with E-state index >= 15 is 0 Å². The van der Waals surface area contributed by atoms with E-state index in [2.05, 4.69) is 20.8 Å². The van der Waals surface area contributed by atoms with Crippen LogP contribution < -0.4 is 15.4 Å². The fraction of sp³-hybridized carbons (Fsp3) is 0.211. The summed E-state index contributed by atoms with van der Waals surface area (Å²) in [7, 11) is 0. The van der Waals surface area contributed by atoms with Gasteiger partial charge in [0.1, 0.15) is 5.75 Å². The SMILES string of the molecule is CCOc1ccccc1Nc1nnc(SCC(=O)NCc2ccc(Cl)cc2)s1. The molecule has 0 saturated heterocycles. The number of nitrogens with zero attached hydrogens (tertiary/aromatic N) is 2. The smallest absolute Gasteiger partial charge is 0.230 e. The zero-order valence-corrected chi connectivity index (χ0v) is 17.5. The number of hydrogen-bond donors (Lipinski definition) is 2. The Labute approximate surface area is 176 Å². The van der Waals surface area contributed by atoms with Crippen molar-refractivity contribution in [1.82, 2.24) is 15.5 Å². The van der Waals surface area contributed by atoms with Gasteiger partial charge < -0.3 is 15.4 Å². The minimum atomic E-state index is -0.0636. The molecule has 2 N–H and O–H groups in total. The highest BCUT2D eigenvalue weighted by atomic mass is 35.5. The number of carbonyl (C=O) groups is 1. The largest absolute Gasteiger partial charge is 0.492 e. The van der Waals surface area contributed by atoms with Crippen LogP contribution >= 0.6 is 34.7 Å². The molecule has 9 heteroatoms. The summed E-state index contributed by atoms with van der Waals surface area (Å²) < 4.78 is 6.31. The number of carbonyl (C=O) groups excluding carboxylic acids is 1. The summed E-state index contributed by atoms with van der Waals surface area (Å²) in [5.74, 6) is 0.972. The number of ether oxygens (including phenoxy) is 1. The van der Waals surface area contributed by atoms with Crippen molar-refractivity contribution in [3.63, 3.8) is 0 Å². The van der Waals surface area contributed by atoms with Crippen molar-refractivity contribution in [2.24, 2.45) is 0 Å². The predicted molar refractivity (Wildman–Crippen MR) is 115 cm³/mol. The van der Waals surface area contributed by atoms with Gasteiger partial charge in [0.05, 0.1) is 18.0 Å². The van der Waals surface area contributed by atoms with Gasteiger partial charge in [-0.25, -0.2) is 0 Å². The average molecular weight is 435 g/mol. The first kappa shape index (κ1) is 20.4. The Kier molecular flexibility index (Phi) is 7.53. The first-order chi connectivity index (χ1) is 13.6. The Bertz CT molecular complexity index is 918. The summed E-state index contributed by atoms with van der Waals surface area (Å²) in [6.45, 7) is 2.99. The number of benzene rings is 2. The van der Waals surface area contributed by atoms with Crippen LogP contribution in [0.4, 0.5) is 10.8 Å². The molecule has 0 spiro atoms. The molecule has 3 rings (SSSR count). The van der Waals surface area contributed by atoms with Crippen LogP contribution in [0, 0.1) is 0 Å². The zero-order chi connectivity index (χ0) is 19.8. The lowest BCUT2D eigenvalue weighted by molar-refractivity contribution is -0.118. The van der Waals surface area contributed by atoms with Crippen molar-refractivity contribution in [2.75, 3.05) is 17.7 Å². The van der Waals surface area contributed by atoms with Crippen LogP contribution in [-0.4, -0.2) is 28.5 Å². The first-order valence-electron chi connectivity index (χ1n) is 8.60.